The SMILES string of the molecule is CCN(CC)CCN/C=C(/C#N)C(=O)NCCCCl. The number of likely N-dealkylation sites (N-methyl/N-ethyl adjacent to an activating group) is 1. The maximum atomic E-state index is 11.6. The Bertz CT molecular complexity index is 321. The predicted molar refractivity (Wildman–Crippen MR) is 77.8 cm³/mol. The van der Waals surface area contributed by atoms with E-state index in [1.807, 2.05) is 6.07 Å². The first-order valence-electron chi connectivity index (χ1n) is 6.59. The highest BCUT2D eigenvalue weighted by atomic mass is 35.5. The van der Waals surface area contributed by atoms with Crippen LogP contribution >= 0.6 is 11.6 Å². The molecule has 0 aliphatic heterocycles. The summed E-state index contributed by atoms with van der Waals surface area (Å²) in [6.07, 6.45) is 2.17. The smallest absolute Gasteiger partial charge is 0.263 e. The van der Waals surface area contributed by atoms with Crippen molar-refractivity contribution in [3.05, 3.63) is 11.8 Å². The Morgan fingerprint density at radius 3 is 2.58 bits per heavy atom. The lowest BCUT2D eigenvalue weighted by atomic mass is 10.3. The van der Waals surface area contributed by atoms with Crippen molar-refractivity contribution in [2.75, 3.05) is 38.6 Å². The van der Waals surface area contributed by atoms with Gasteiger partial charge in [0.25, 0.3) is 5.91 Å². The van der Waals surface area contributed by atoms with Crippen molar-refractivity contribution >= 4 is 17.5 Å². The van der Waals surface area contributed by atoms with Crippen molar-refractivity contribution in [2.45, 2.75) is 20.3 Å². The molecule has 0 fully saturated rings. The molecule has 0 saturated heterocycles. The number of hydrogen-bond donors (Lipinski definition) is 2. The number of hydrogen-bond acceptors (Lipinski definition) is 4. The van der Waals surface area contributed by atoms with E-state index in [1.165, 1.54) is 6.20 Å². The second-order valence-electron chi connectivity index (χ2n) is 3.95. The topological polar surface area (TPSA) is 68.2 Å². The number of carbonyl (C=O) groups excluding carboxylic acids is 1. The summed E-state index contributed by atoms with van der Waals surface area (Å²) in [6, 6.07) is 1.88. The van der Waals surface area contributed by atoms with Crippen LogP contribution in [0.25, 0.3) is 0 Å². The van der Waals surface area contributed by atoms with Crippen LogP contribution in [0.5, 0.6) is 0 Å². The molecule has 108 valence electrons. The minimum atomic E-state index is -0.358. The number of nitriles is 1. The highest BCUT2D eigenvalue weighted by Crippen LogP contribution is 1.92. The lowest BCUT2D eigenvalue weighted by molar-refractivity contribution is -0.117. The van der Waals surface area contributed by atoms with Gasteiger partial charge in [-0.3, -0.25) is 4.79 Å². The molecule has 0 heterocycles. The van der Waals surface area contributed by atoms with E-state index in [0.29, 0.717) is 25.4 Å². The predicted octanol–water partition coefficient (Wildman–Crippen LogP) is 1.07. The zero-order chi connectivity index (χ0) is 14.5. The Hall–Kier alpha value is -1.25. The molecule has 0 aliphatic carbocycles. The molecule has 0 rings (SSSR count). The normalized spacial score (nSPS) is 11.2. The van der Waals surface area contributed by atoms with Gasteiger partial charge in [0.2, 0.25) is 0 Å². The fourth-order valence-electron chi connectivity index (χ4n) is 1.45. The van der Waals surface area contributed by atoms with E-state index in [4.69, 9.17) is 16.9 Å². The van der Waals surface area contributed by atoms with Gasteiger partial charge in [0.1, 0.15) is 11.6 Å². The van der Waals surface area contributed by atoms with Crippen molar-refractivity contribution in [1.82, 2.24) is 15.5 Å². The summed E-state index contributed by atoms with van der Waals surface area (Å²) in [5.41, 5.74) is 0.0918. The van der Waals surface area contributed by atoms with Gasteiger partial charge < -0.3 is 15.5 Å². The molecule has 5 nitrogen and oxygen atoms in total. The summed E-state index contributed by atoms with van der Waals surface area (Å²) in [7, 11) is 0. The largest absolute Gasteiger partial charge is 0.388 e. The maximum Gasteiger partial charge on any atom is 0.263 e. The third-order valence-corrected chi connectivity index (χ3v) is 2.94. The van der Waals surface area contributed by atoms with Crippen molar-refractivity contribution < 1.29 is 4.79 Å². The summed E-state index contributed by atoms with van der Waals surface area (Å²) >= 11 is 5.51. The first kappa shape index (κ1) is 17.8. The molecule has 0 saturated carbocycles. The van der Waals surface area contributed by atoms with E-state index < -0.39 is 0 Å². The molecule has 0 bridgehead atoms. The Labute approximate surface area is 120 Å². The number of amides is 1. The first-order valence-corrected chi connectivity index (χ1v) is 7.13. The van der Waals surface area contributed by atoms with E-state index in [1.54, 1.807) is 0 Å². The number of nitrogens with one attached hydrogen (secondary N) is 2. The molecule has 0 unspecified atom stereocenters. The number of rotatable bonds is 10. The highest BCUT2D eigenvalue weighted by molar-refractivity contribution is 6.17. The van der Waals surface area contributed by atoms with Crippen LogP contribution < -0.4 is 10.6 Å². The summed E-state index contributed by atoms with van der Waals surface area (Å²) in [6.45, 7) is 8.27. The lowest BCUT2D eigenvalue weighted by Gasteiger charge is -2.17. The monoisotopic (exact) mass is 286 g/mol. The number of halogens is 1. The summed E-state index contributed by atoms with van der Waals surface area (Å²) in [5.74, 6) is 0.136. The van der Waals surface area contributed by atoms with Crippen molar-refractivity contribution in [3.8, 4) is 6.07 Å². The minimum Gasteiger partial charge on any atom is -0.388 e. The molecule has 0 aromatic rings. The molecule has 1 amide bonds. The van der Waals surface area contributed by atoms with Crippen LogP contribution in [-0.2, 0) is 4.79 Å². The molecule has 2 N–H and O–H groups in total. The van der Waals surface area contributed by atoms with E-state index >= 15 is 0 Å². The standard InChI is InChI=1S/C13H23ClN4O/c1-3-18(4-2)9-8-16-11-12(10-15)13(19)17-7-5-6-14/h11,16H,3-9H2,1-2H3,(H,17,19)/b12-11-. The molecule has 0 atom stereocenters. The molecule has 0 aromatic carbocycles. The highest BCUT2D eigenvalue weighted by Gasteiger charge is 2.07. The van der Waals surface area contributed by atoms with Crippen LogP contribution in [0, 0.1) is 11.3 Å². The Morgan fingerprint density at radius 2 is 2.05 bits per heavy atom. The van der Waals surface area contributed by atoms with E-state index in [2.05, 4.69) is 29.4 Å². The van der Waals surface area contributed by atoms with Crippen LogP contribution in [0.4, 0.5) is 0 Å². The van der Waals surface area contributed by atoms with Crippen molar-refractivity contribution in [2.24, 2.45) is 0 Å². The molecule has 0 radical (unpaired) electrons. The zero-order valence-electron chi connectivity index (χ0n) is 11.7. The van der Waals surface area contributed by atoms with Gasteiger partial charge in [-0.15, -0.1) is 11.6 Å². The van der Waals surface area contributed by atoms with Gasteiger partial charge in [-0.25, -0.2) is 0 Å². The molecule has 0 aliphatic rings. The van der Waals surface area contributed by atoms with Crippen LogP contribution in [-0.4, -0.2) is 49.4 Å². The van der Waals surface area contributed by atoms with Crippen molar-refractivity contribution in [3.63, 3.8) is 0 Å². The van der Waals surface area contributed by atoms with Gasteiger partial charge >= 0.3 is 0 Å². The summed E-state index contributed by atoms with van der Waals surface area (Å²) in [4.78, 5) is 13.9. The molecule has 19 heavy (non-hydrogen) atoms. The van der Waals surface area contributed by atoms with Gasteiger partial charge in [0.05, 0.1) is 0 Å². The molecule has 0 aromatic heterocycles. The molecular formula is C13H23ClN4O. The third-order valence-electron chi connectivity index (χ3n) is 2.67. The number of alkyl halides is 1. The number of nitrogens with zero attached hydrogens (tertiary/aromatic N) is 2. The van der Waals surface area contributed by atoms with E-state index in [-0.39, 0.29) is 11.5 Å². The van der Waals surface area contributed by atoms with Crippen LogP contribution in [0.2, 0.25) is 0 Å². The van der Waals surface area contributed by atoms with Crippen LogP contribution in [0.1, 0.15) is 20.3 Å². The quantitative estimate of drug-likeness (QED) is 0.273. The third kappa shape index (κ3) is 8.46. The Kier molecular flexibility index (Phi) is 11.0. The minimum absolute atomic E-state index is 0.0918. The summed E-state index contributed by atoms with van der Waals surface area (Å²) in [5, 5.41) is 14.5. The van der Waals surface area contributed by atoms with Gasteiger partial charge in [-0.2, -0.15) is 5.26 Å². The van der Waals surface area contributed by atoms with Crippen molar-refractivity contribution in [1.29, 1.82) is 5.26 Å². The fraction of sp³-hybridized carbons (Fsp3) is 0.692. The zero-order valence-corrected chi connectivity index (χ0v) is 12.5. The van der Waals surface area contributed by atoms with E-state index in [9.17, 15) is 4.79 Å². The maximum absolute atomic E-state index is 11.6. The van der Waals surface area contributed by atoms with Gasteiger partial charge in [0.15, 0.2) is 0 Å². The van der Waals surface area contributed by atoms with Gasteiger partial charge in [-0.05, 0) is 19.5 Å². The number of carbonyl (C=O) groups is 1. The van der Waals surface area contributed by atoms with Gasteiger partial charge in [-0.1, -0.05) is 13.8 Å². The average molecular weight is 287 g/mol. The Balaban J connectivity index is 4.04. The lowest BCUT2D eigenvalue weighted by Crippen LogP contribution is -2.31. The second-order valence-corrected chi connectivity index (χ2v) is 4.33. The molecular weight excluding hydrogens is 264 g/mol. The van der Waals surface area contributed by atoms with Crippen LogP contribution in [0.3, 0.4) is 0 Å². The van der Waals surface area contributed by atoms with Gasteiger partial charge in [0, 0.05) is 31.7 Å². The second kappa shape index (κ2) is 11.8. The first-order chi connectivity index (χ1) is 9.19. The van der Waals surface area contributed by atoms with E-state index in [0.717, 1.165) is 19.6 Å². The molecule has 0 spiro atoms. The summed E-state index contributed by atoms with van der Waals surface area (Å²) < 4.78 is 0. The van der Waals surface area contributed by atoms with Crippen LogP contribution in [0.15, 0.2) is 11.8 Å². The Morgan fingerprint density at radius 1 is 1.37 bits per heavy atom. The fourth-order valence-corrected chi connectivity index (χ4v) is 1.58. The molecule has 6 heteroatoms. The average Bonchev–Trinajstić information content (AvgIpc) is 2.43.